The molecule has 0 atom stereocenters. The van der Waals surface area contributed by atoms with Crippen molar-refractivity contribution >= 4 is 19.4 Å². The van der Waals surface area contributed by atoms with Crippen molar-refractivity contribution in [1.82, 2.24) is 0 Å². The number of rotatable bonds is 0. The summed E-state index contributed by atoms with van der Waals surface area (Å²) in [6, 6.07) is 0. The summed E-state index contributed by atoms with van der Waals surface area (Å²) in [5, 5.41) is 24.8. The molecule has 0 aromatic rings. The van der Waals surface area contributed by atoms with Crippen LogP contribution in [0.2, 0.25) is 0 Å². The minimum atomic E-state index is -0.500. The fourth-order valence-corrected chi connectivity index (χ4v) is 0. The van der Waals surface area contributed by atoms with Gasteiger partial charge >= 0.3 is 18.6 Å². The molecule has 0 unspecified atom stereocenters. The van der Waals surface area contributed by atoms with Crippen LogP contribution in [0.3, 0.4) is 0 Å². The average Bonchev–Trinajstić information content (AvgIpc) is 1.70. The van der Waals surface area contributed by atoms with E-state index in [2.05, 4.69) is 0 Å². The number of carbonyl (C=O) groups excluding carboxylic acids is 3. The first-order valence-corrected chi connectivity index (χ1v) is 1.41. The second-order valence-electron chi connectivity index (χ2n) is 0.289. The van der Waals surface area contributed by atoms with Crippen LogP contribution in [0.1, 0.15) is 0 Å². The van der Waals surface area contributed by atoms with Gasteiger partial charge in [0.05, 0.1) is 0 Å². The fraction of sp³-hybridized carbons (Fsp3) is 0. The number of hydrogen-bond acceptors (Lipinski definition) is 6. The predicted octanol–water partition coefficient (Wildman–Crippen LogP) is -4.90. The molecular weight excluding hydrogens is 183 g/mol. The second-order valence-corrected chi connectivity index (χ2v) is 0.289. The SMILES string of the molecule is O=C[O-].O=C[O-].O=C[O-].[V+3]. The summed E-state index contributed by atoms with van der Waals surface area (Å²) in [6.07, 6.45) is 0. The van der Waals surface area contributed by atoms with Gasteiger partial charge in [0.15, 0.2) is 0 Å². The zero-order valence-corrected chi connectivity index (χ0v) is 6.03. The molecule has 0 spiro atoms. The number of hydrogen-bond donors (Lipinski definition) is 0. The second kappa shape index (κ2) is 98.3. The minimum absolute atomic E-state index is 0. The van der Waals surface area contributed by atoms with E-state index in [0.29, 0.717) is 0 Å². The van der Waals surface area contributed by atoms with Crippen molar-refractivity contribution in [2.24, 2.45) is 0 Å². The predicted molar refractivity (Wildman–Crippen MR) is 18.2 cm³/mol. The molecule has 0 fully saturated rings. The van der Waals surface area contributed by atoms with Crippen LogP contribution in [0.4, 0.5) is 0 Å². The van der Waals surface area contributed by atoms with E-state index in [9.17, 15) is 0 Å². The van der Waals surface area contributed by atoms with Crippen molar-refractivity contribution in [2.75, 3.05) is 0 Å². The molecule has 0 rings (SSSR count). The van der Waals surface area contributed by atoms with Crippen LogP contribution in [-0.4, -0.2) is 19.4 Å². The van der Waals surface area contributed by atoms with E-state index < -0.39 is 19.4 Å². The Bertz CT molecular complexity index is 49.7. The zero-order chi connectivity index (χ0) is 8.12. The van der Waals surface area contributed by atoms with Gasteiger partial charge in [-0.3, -0.25) is 0 Å². The van der Waals surface area contributed by atoms with Crippen molar-refractivity contribution in [2.45, 2.75) is 0 Å². The van der Waals surface area contributed by atoms with Crippen LogP contribution >= 0.6 is 0 Å². The first kappa shape index (κ1) is 23.0. The minimum Gasteiger partial charge on any atom is -0.554 e. The monoisotopic (exact) mass is 186 g/mol. The van der Waals surface area contributed by atoms with Crippen LogP contribution in [0.25, 0.3) is 0 Å². The van der Waals surface area contributed by atoms with Crippen molar-refractivity contribution in [1.29, 1.82) is 0 Å². The van der Waals surface area contributed by atoms with E-state index in [1.807, 2.05) is 0 Å². The van der Waals surface area contributed by atoms with E-state index in [0.717, 1.165) is 0 Å². The summed E-state index contributed by atoms with van der Waals surface area (Å²) in [5.74, 6) is 0. The molecule has 0 aliphatic rings. The Hall–Kier alpha value is -1.01. The summed E-state index contributed by atoms with van der Waals surface area (Å²) in [7, 11) is 0. The van der Waals surface area contributed by atoms with Gasteiger partial charge in [0.25, 0.3) is 0 Å². The van der Waals surface area contributed by atoms with E-state index >= 15 is 0 Å². The Balaban J connectivity index is -0.0000000257. The molecule has 10 heavy (non-hydrogen) atoms. The summed E-state index contributed by atoms with van der Waals surface area (Å²) in [6.45, 7) is -1.50. The van der Waals surface area contributed by atoms with Gasteiger partial charge in [0.2, 0.25) is 0 Å². The molecule has 0 aromatic heterocycles. The van der Waals surface area contributed by atoms with Gasteiger partial charge in [-0.15, -0.1) is 0 Å². The van der Waals surface area contributed by atoms with Crippen LogP contribution in [0.5, 0.6) is 0 Å². The molecule has 0 aliphatic carbocycles. The molecule has 0 radical (unpaired) electrons. The third kappa shape index (κ3) is 249. The molecule has 0 aliphatic heterocycles. The molecule has 0 aromatic carbocycles. The van der Waals surface area contributed by atoms with E-state index in [-0.39, 0.29) is 18.6 Å². The normalized spacial score (nSPS) is 3.60. The van der Waals surface area contributed by atoms with Crippen LogP contribution in [-0.2, 0) is 32.9 Å². The molecule has 0 bridgehead atoms. The fourth-order valence-electron chi connectivity index (χ4n) is 0. The van der Waals surface area contributed by atoms with Gasteiger partial charge in [-0.2, -0.15) is 0 Å². The van der Waals surface area contributed by atoms with E-state index in [1.165, 1.54) is 0 Å². The van der Waals surface area contributed by atoms with Gasteiger partial charge in [0, 0.05) is 19.4 Å². The summed E-state index contributed by atoms with van der Waals surface area (Å²) in [4.78, 5) is 24.8. The number of carboxylic acid groups (broad SMARTS) is 3. The van der Waals surface area contributed by atoms with Crippen molar-refractivity contribution < 1.29 is 48.3 Å². The van der Waals surface area contributed by atoms with Gasteiger partial charge < -0.3 is 29.7 Å². The largest absolute Gasteiger partial charge is 3.00 e. The molecular formula is C3H3O6V. The Morgan fingerprint density at radius 2 is 0.700 bits per heavy atom. The van der Waals surface area contributed by atoms with Gasteiger partial charge in [0.1, 0.15) is 0 Å². The maximum atomic E-state index is 8.25. The molecule has 0 saturated heterocycles. The first-order valence-electron chi connectivity index (χ1n) is 1.41. The molecule has 0 heterocycles. The van der Waals surface area contributed by atoms with Crippen molar-refractivity contribution in [3.8, 4) is 0 Å². The Morgan fingerprint density at radius 3 is 0.700 bits per heavy atom. The standard InChI is InChI=1S/3CH2O2.V/c3*2-1-3;/h3*1H,(H,2,3);/q;;;+3/p-3. The topological polar surface area (TPSA) is 120 Å². The van der Waals surface area contributed by atoms with Crippen molar-refractivity contribution in [3.05, 3.63) is 0 Å². The summed E-state index contributed by atoms with van der Waals surface area (Å²) < 4.78 is 0. The van der Waals surface area contributed by atoms with Crippen LogP contribution < -0.4 is 15.3 Å². The Labute approximate surface area is 68.4 Å². The van der Waals surface area contributed by atoms with Gasteiger partial charge in [-0.25, -0.2) is 0 Å². The van der Waals surface area contributed by atoms with E-state index in [4.69, 9.17) is 29.7 Å². The summed E-state index contributed by atoms with van der Waals surface area (Å²) in [5.41, 5.74) is 0. The van der Waals surface area contributed by atoms with Gasteiger partial charge in [-0.1, -0.05) is 0 Å². The van der Waals surface area contributed by atoms with Crippen LogP contribution in [0.15, 0.2) is 0 Å². The van der Waals surface area contributed by atoms with Gasteiger partial charge in [-0.05, 0) is 0 Å². The number of carbonyl (C=O) groups is 3. The molecule has 7 heteroatoms. The molecule has 0 amide bonds. The quantitative estimate of drug-likeness (QED) is 0.349. The van der Waals surface area contributed by atoms with Crippen LogP contribution in [0, 0.1) is 0 Å². The third-order valence-corrected chi connectivity index (χ3v) is 0. The first-order chi connectivity index (χ1) is 4.24. The average molecular weight is 186 g/mol. The Kier molecular flexibility index (Phi) is 227. The molecule has 6 nitrogen and oxygen atoms in total. The van der Waals surface area contributed by atoms with Crippen molar-refractivity contribution in [3.63, 3.8) is 0 Å². The smallest absolute Gasteiger partial charge is 0.554 e. The zero-order valence-electron chi connectivity index (χ0n) is 4.63. The Morgan fingerprint density at radius 1 is 0.700 bits per heavy atom. The molecule has 56 valence electrons. The molecule has 0 N–H and O–H groups in total. The maximum absolute atomic E-state index is 8.25. The van der Waals surface area contributed by atoms with E-state index in [1.54, 1.807) is 0 Å². The third-order valence-electron chi connectivity index (χ3n) is 0. The summed E-state index contributed by atoms with van der Waals surface area (Å²) >= 11 is 0. The molecule has 0 saturated carbocycles. The maximum Gasteiger partial charge on any atom is 3.00 e.